The van der Waals surface area contributed by atoms with Crippen LogP contribution in [0.3, 0.4) is 0 Å². The van der Waals surface area contributed by atoms with Gasteiger partial charge in [-0.2, -0.15) is 0 Å². The lowest BCUT2D eigenvalue weighted by molar-refractivity contribution is -0.112. The van der Waals surface area contributed by atoms with Crippen LogP contribution in [0, 0.1) is 11.8 Å². The van der Waals surface area contributed by atoms with E-state index in [0.717, 1.165) is 12.7 Å². The molecular weight excluding hydrogens is 138 g/mol. The van der Waals surface area contributed by atoms with Crippen molar-refractivity contribution in [2.24, 2.45) is 11.8 Å². The summed E-state index contributed by atoms with van der Waals surface area (Å²) >= 11 is 0. The van der Waals surface area contributed by atoms with Crippen LogP contribution in [0.1, 0.15) is 13.3 Å². The zero-order valence-electron chi connectivity index (χ0n) is 7.08. The molecule has 0 aromatic rings. The Morgan fingerprint density at radius 3 is 2.82 bits per heavy atom. The van der Waals surface area contributed by atoms with Crippen LogP contribution in [0.25, 0.3) is 0 Å². The molecule has 2 nitrogen and oxygen atoms in total. The second kappa shape index (κ2) is 3.67. The normalized spacial score (nSPS) is 37.1. The van der Waals surface area contributed by atoms with E-state index < -0.39 is 0 Å². The number of carbonyl (C=O) groups excluding carboxylic acids is 1. The molecular formula is C9H15NO. The van der Waals surface area contributed by atoms with Crippen molar-refractivity contribution in [1.82, 2.24) is 5.32 Å². The molecule has 0 heterocycles. The minimum Gasteiger partial charge on any atom is -0.316 e. The number of rotatable bonds is 2. The largest absolute Gasteiger partial charge is 0.316 e. The van der Waals surface area contributed by atoms with E-state index in [4.69, 9.17) is 0 Å². The highest BCUT2D eigenvalue weighted by Crippen LogP contribution is 2.21. The van der Waals surface area contributed by atoms with Crippen molar-refractivity contribution in [2.45, 2.75) is 19.4 Å². The van der Waals surface area contributed by atoms with E-state index in [2.05, 4.69) is 24.4 Å². The predicted molar refractivity (Wildman–Crippen MR) is 45.3 cm³/mol. The molecule has 0 bridgehead atoms. The van der Waals surface area contributed by atoms with Crippen molar-refractivity contribution in [3.8, 4) is 0 Å². The molecule has 0 aromatic heterocycles. The topological polar surface area (TPSA) is 29.1 Å². The smallest absolute Gasteiger partial charge is 0.124 e. The van der Waals surface area contributed by atoms with Crippen molar-refractivity contribution in [3.05, 3.63) is 12.2 Å². The fourth-order valence-electron chi connectivity index (χ4n) is 1.72. The molecule has 1 rings (SSSR count). The highest BCUT2D eigenvalue weighted by molar-refractivity contribution is 5.56. The summed E-state index contributed by atoms with van der Waals surface area (Å²) in [6.07, 6.45) is 6.21. The van der Waals surface area contributed by atoms with Crippen LogP contribution >= 0.6 is 0 Å². The Labute approximate surface area is 67.7 Å². The molecule has 3 atom stereocenters. The zero-order valence-corrected chi connectivity index (χ0v) is 7.08. The van der Waals surface area contributed by atoms with Crippen molar-refractivity contribution < 1.29 is 4.79 Å². The first-order chi connectivity index (χ1) is 5.29. The minimum absolute atomic E-state index is 0.167. The Balaban J connectivity index is 2.67. The number of carbonyl (C=O) groups is 1. The summed E-state index contributed by atoms with van der Waals surface area (Å²) in [7, 11) is 1.91. The Morgan fingerprint density at radius 2 is 2.36 bits per heavy atom. The third-order valence-corrected chi connectivity index (χ3v) is 2.38. The molecule has 0 amide bonds. The van der Waals surface area contributed by atoms with Gasteiger partial charge in [-0.05, 0) is 19.4 Å². The van der Waals surface area contributed by atoms with Gasteiger partial charge in [-0.3, -0.25) is 0 Å². The van der Waals surface area contributed by atoms with Crippen LogP contribution in [-0.2, 0) is 4.79 Å². The highest BCUT2D eigenvalue weighted by Gasteiger charge is 2.25. The maximum Gasteiger partial charge on any atom is 0.124 e. The molecule has 11 heavy (non-hydrogen) atoms. The highest BCUT2D eigenvalue weighted by atomic mass is 16.1. The van der Waals surface area contributed by atoms with Crippen molar-refractivity contribution in [3.63, 3.8) is 0 Å². The maximum absolute atomic E-state index is 10.6. The van der Waals surface area contributed by atoms with E-state index in [-0.39, 0.29) is 5.92 Å². The molecule has 0 saturated carbocycles. The third kappa shape index (κ3) is 1.69. The van der Waals surface area contributed by atoms with Gasteiger partial charge < -0.3 is 10.1 Å². The summed E-state index contributed by atoms with van der Waals surface area (Å²) in [6.45, 7) is 2.13. The van der Waals surface area contributed by atoms with E-state index in [1.807, 2.05) is 7.05 Å². The van der Waals surface area contributed by atoms with Gasteiger partial charge in [0.15, 0.2) is 0 Å². The van der Waals surface area contributed by atoms with Gasteiger partial charge >= 0.3 is 0 Å². The lowest BCUT2D eigenvalue weighted by atomic mass is 9.83. The van der Waals surface area contributed by atoms with Crippen molar-refractivity contribution >= 4 is 6.29 Å². The number of allylic oxidation sites excluding steroid dienone is 1. The summed E-state index contributed by atoms with van der Waals surface area (Å²) in [6, 6.07) is 0.331. The molecule has 2 heteroatoms. The fraction of sp³-hybridized carbons (Fsp3) is 0.667. The summed E-state index contributed by atoms with van der Waals surface area (Å²) < 4.78 is 0. The zero-order chi connectivity index (χ0) is 8.27. The second-order valence-corrected chi connectivity index (χ2v) is 3.14. The molecule has 0 spiro atoms. The molecule has 1 aliphatic rings. The van der Waals surface area contributed by atoms with Gasteiger partial charge in [-0.15, -0.1) is 0 Å². The van der Waals surface area contributed by atoms with Crippen molar-refractivity contribution in [2.75, 3.05) is 7.05 Å². The summed E-state index contributed by atoms with van der Waals surface area (Å²) in [5, 5.41) is 3.17. The van der Waals surface area contributed by atoms with E-state index in [0.29, 0.717) is 12.0 Å². The number of aldehydes is 1. The molecule has 1 N–H and O–H groups in total. The lowest BCUT2D eigenvalue weighted by Gasteiger charge is -2.29. The summed E-state index contributed by atoms with van der Waals surface area (Å²) in [5.74, 6) is 0.643. The van der Waals surface area contributed by atoms with Gasteiger partial charge in [0.2, 0.25) is 0 Å². The van der Waals surface area contributed by atoms with E-state index in [9.17, 15) is 4.79 Å². The molecule has 62 valence electrons. The summed E-state index contributed by atoms with van der Waals surface area (Å²) in [4.78, 5) is 10.6. The fourth-order valence-corrected chi connectivity index (χ4v) is 1.72. The van der Waals surface area contributed by atoms with E-state index in [1.54, 1.807) is 0 Å². The first-order valence-electron chi connectivity index (χ1n) is 4.08. The third-order valence-electron chi connectivity index (χ3n) is 2.38. The average Bonchev–Trinajstić information content (AvgIpc) is 2.04. The minimum atomic E-state index is 0.167. The SMILES string of the molecule is CN[C@@H]1C(C=O)CC=C[C@H]1C. The quantitative estimate of drug-likeness (QED) is 0.473. The first kappa shape index (κ1) is 8.47. The Hall–Kier alpha value is -0.630. The van der Waals surface area contributed by atoms with Crippen LogP contribution in [0.5, 0.6) is 0 Å². The second-order valence-electron chi connectivity index (χ2n) is 3.14. The van der Waals surface area contributed by atoms with Crippen molar-refractivity contribution in [1.29, 1.82) is 0 Å². The van der Waals surface area contributed by atoms with Gasteiger partial charge in [0.05, 0.1) is 0 Å². The van der Waals surface area contributed by atoms with Crippen LogP contribution in [0.4, 0.5) is 0 Å². The lowest BCUT2D eigenvalue weighted by Crippen LogP contribution is -2.40. The Kier molecular flexibility index (Phi) is 2.83. The van der Waals surface area contributed by atoms with Crippen LogP contribution in [0.2, 0.25) is 0 Å². The molecule has 0 saturated heterocycles. The molecule has 0 aliphatic heterocycles. The monoisotopic (exact) mass is 153 g/mol. The molecule has 0 aromatic carbocycles. The van der Waals surface area contributed by atoms with Gasteiger partial charge in [-0.25, -0.2) is 0 Å². The van der Waals surface area contributed by atoms with E-state index >= 15 is 0 Å². The Morgan fingerprint density at radius 1 is 1.64 bits per heavy atom. The molecule has 1 aliphatic carbocycles. The molecule has 0 fully saturated rings. The predicted octanol–water partition coefficient (Wildman–Crippen LogP) is 0.985. The maximum atomic E-state index is 10.6. The standard InChI is InChI=1S/C9H15NO/c1-7-4-3-5-8(6-11)9(7)10-2/h3-4,6-10H,5H2,1-2H3/t7-,8?,9+/m1/s1. The number of hydrogen-bond acceptors (Lipinski definition) is 2. The first-order valence-corrected chi connectivity index (χ1v) is 4.08. The van der Waals surface area contributed by atoms with Gasteiger partial charge in [0.1, 0.15) is 6.29 Å². The van der Waals surface area contributed by atoms with E-state index in [1.165, 1.54) is 0 Å². The number of nitrogens with one attached hydrogen (secondary N) is 1. The van der Waals surface area contributed by atoms with Gasteiger partial charge in [-0.1, -0.05) is 19.1 Å². The van der Waals surface area contributed by atoms with Crippen LogP contribution < -0.4 is 5.32 Å². The summed E-state index contributed by atoms with van der Waals surface area (Å²) in [5.41, 5.74) is 0. The number of hydrogen-bond donors (Lipinski definition) is 1. The van der Waals surface area contributed by atoms with Gasteiger partial charge in [0, 0.05) is 12.0 Å². The average molecular weight is 153 g/mol. The van der Waals surface area contributed by atoms with Gasteiger partial charge in [0.25, 0.3) is 0 Å². The Bertz CT molecular complexity index is 165. The van der Waals surface area contributed by atoms with Crippen LogP contribution in [-0.4, -0.2) is 19.4 Å². The molecule has 0 radical (unpaired) electrons. The van der Waals surface area contributed by atoms with Crippen LogP contribution in [0.15, 0.2) is 12.2 Å². The molecule has 1 unspecified atom stereocenters.